The summed E-state index contributed by atoms with van der Waals surface area (Å²) in [7, 11) is 0. The summed E-state index contributed by atoms with van der Waals surface area (Å²) < 4.78 is 0. The van der Waals surface area contributed by atoms with Gasteiger partial charge in [-0.1, -0.05) is 18.2 Å². The Hall–Kier alpha value is -1.55. The molecule has 0 spiro atoms. The number of hydrogen-bond donors (Lipinski definition) is 2. The normalized spacial score (nSPS) is 19.3. The number of aromatic nitrogens is 1. The number of nitrogens with one attached hydrogen (secondary N) is 2. The summed E-state index contributed by atoms with van der Waals surface area (Å²) in [5, 5.41) is 10.5. The Morgan fingerprint density at radius 2 is 1.90 bits per heavy atom. The van der Waals surface area contributed by atoms with Gasteiger partial charge in [0.15, 0.2) is 11.1 Å². The third kappa shape index (κ3) is 6.97. The summed E-state index contributed by atoms with van der Waals surface area (Å²) in [5.41, 5.74) is 2.47. The van der Waals surface area contributed by atoms with Crippen LogP contribution < -0.4 is 20.4 Å². The second-order valence-electron chi connectivity index (χ2n) is 8.09. The van der Waals surface area contributed by atoms with E-state index in [1.807, 2.05) is 0 Å². The van der Waals surface area contributed by atoms with E-state index in [0.717, 1.165) is 57.3 Å². The molecule has 0 saturated carbocycles. The van der Waals surface area contributed by atoms with E-state index in [1.54, 1.807) is 11.3 Å². The lowest BCUT2D eigenvalue weighted by atomic mass is 10.1. The number of benzene rings is 1. The van der Waals surface area contributed by atoms with Crippen LogP contribution in [0.5, 0.6) is 0 Å². The molecule has 1 aromatic heterocycles. The first-order chi connectivity index (χ1) is 14.8. The van der Waals surface area contributed by atoms with Crippen LogP contribution in [0.4, 0.5) is 10.8 Å². The molecule has 4 rings (SSSR count). The number of anilines is 2. The van der Waals surface area contributed by atoms with Crippen molar-refractivity contribution in [2.45, 2.75) is 45.1 Å². The molecule has 0 amide bonds. The lowest BCUT2D eigenvalue weighted by molar-refractivity contribution is 0.468. The van der Waals surface area contributed by atoms with Gasteiger partial charge in [0.05, 0.1) is 5.69 Å². The van der Waals surface area contributed by atoms with Gasteiger partial charge in [0.2, 0.25) is 0 Å². The number of nitrogens with zero attached hydrogens (tertiary/aromatic N) is 4. The Labute approximate surface area is 207 Å². The first kappa shape index (κ1) is 24.1. The number of thiazole rings is 1. The number of hydrogen-bond acceptors (Lipinski definition) is 5. The number of para-hydroxylation sites is 1. The third-order valence-corrected chi connectivity index (χ3v) is 6.73. The standard InChI is InChI=1S/C23H34N6S.HI/c1-2-24-22(25-13-12-20-18-30-23(27-20)28-14-6-7-15-28)26-19-9-8-16-29(17-19)21-10-4-3-5-11-21;/h3-5,10-11,18-19H,2,6-9,12-17H2,1H3,(H2,24,25,26);1H. The molecule has 1 unspecified atom stereocenters. The number of guanidine groups is 1. The predicted molar refractivity (Wildman–Crippen MR) is 143 cm³/mol. The van der Waals surface area contributed by atoms with E-state index >= 15 is 0 Å². The number of aliphatic imine (C=N–C) groups is 1. The smallest absolute Gasteiger partial charge is 0.191 e. The SMILES string of the molecule is CCNC(=NCCc1csc(N2CCCC2)n1)NC1CCCN(c2ccccc2)C1.I. The maximum atomic E-state index is 4.83. The molecule has 6 nitrogen and oxygen atoms in total. The maximum Gasteiger partial charge on any atom is 0.191 e. The topological polar surface area (TPSA) is 55.8 Å². The van der Waals surface area contributed by atoms with Crippen LogP contribution in [0.15, 0.2) is 40.7 Å². The van der Waals surface area contributed by atoms with E-state index in [-0.39, 0.29) is 24.0 Å². The Morgan fingerprint density at radius 1 is 1.13 bits per heavy atom. The lowest BCUT2D eigenvalue weighted by Crippen LogP contribution is -2.51. The molecule has 2 aromatic rings. The quantitative estimate of drug-likeness (QED) is 0.307. The average Bonchev–Trinajstić information content (AvgIpc) is 3.47. The van der Waals surface area contributed by atoms with Gasteiger partial charge in [-0.25, -0.2) is 4.98 Å². The molecule has 0 bridgehead atoms. The molecule has 2 aliphatic rings. The molecule has 2 fully saturated rings. The van der Waals surface area contributed by atoms with Crippen molar-refractivity contribution < 1.29 is 0 Å². The molecule has 2 N–H and O–H groups in total. The van der Waals surface area contributed by atoms with Crippen molar-refractivity contribution in [2.24, 2.45) is 4.99 Å². The molecule has 170 valence electrons. The van der Waals surface area contributed by atoms with Crippen molar-refractivity contribution >= 4 is 52.1 Å². The van der Waals surface area contributed by atoms with Gasteiger partial charge in [-0.2, -0.15) is 0 Å². The molecular formula is C23H35IN6S. The molecule has 2 aliphatic heterocycles. The van der Waals surface area contributed by atoms with Crippen molar-refractivity contribution in [3.63, 3.8) is 0 Å². The summed E-state index contributed by atoms with van der Waals surface area (Å²) in [6.07, 6.45) is 5.85. The van der Waals surface area contributed by atoms with Crippen LogP contribution in [0, 0.1) is 0 Å². The Kier molecular flexibility index (Phi) is 9.70. The highest BCUT2D eigenvalue weighted by Gasteiger charge is 2.21. The summed E-state index contributed by atoms with van der Waals surface area (Å²) in [4.78, 5) is 14.5. The van der Waals surface area contributed by atoms with Gasteiger partial charge in [-0.05, 0) is 44.7 Å². The van der Waals surface area contributed by atoms with Gasteiger partial charge in [-0.15, -0.1) is 35.3 Å². The van der Waals surface area contributed by atoms with Crippen LogP contribution >= 0.6 is 35.3 Å². The second kappa shape index (κ2) is 12.5. The highest BCUT2D eigenvalue weighted by molar-refractivity contribution is 14.0. The van der Waals surface area contributed by atoms with Crippen molar-refractivity contribution in [3.8, 4) is 0 Å². The minimum absolute atomic E-state index is 0. The Balaban J connectivity index is 0.00000272. The molecule has 0 aliphatic carbocycles. The van der Waals surface area contributed by atoms with Crippen molar-refractivity contribution in [2.75, 3.05) is 49.1 Å². The fourth-order valence-electron chi connectivity index (χ4n) is 4.23. The molecule has 3 heterocycles. The van der Waals surface area contributed by atoms with Gasteiger partial charge in [-0.3, -0.25) is 4.99 Å². The minimum atomic E-state index is 0. The summed E-state index contributed by atoms with van der Waals surface area (Å²) in [6.45, 7) is 8.20. The first-order valence-electron chi connectivity index (χ1n) is 11.4. The van der Waals surface area contributed by atoms with Crippen LogP contribution in [0.1, 0.15) is 38.3 Å². The molecule has 31 heavy (non-hydrogen) atoms. The van der Waals surface area contributed by atoms with Crippen LogP contribution in [0.3, 0.4) is 0 Å². The largest absolute Gasteiger partial charge is 0.369 e. The molecule has 8 heteroatoms. The fraction of sp³-hybridized carbons (Fsp3) is 0.565. The lowest BCUT2D eigenvalue weighted by Gasteiger charge is -2.35. The zero-order valence-corrected chi connectivity index (χ0v) is 21.6. The van der Waals surface area contributed by atoms with Crippen molar-refractivity contribution in [3.05, 3.63) is 41.4 Å². The number of piperidine rings is 1. The van der Waals surface area contributed by atoms with E-state index in [2.05, 4.69) is 63.1 Å². The summed E-state index contributed by atoms with van der Waals surface area (Å²) in [6, 6.07) is 11.1. The number of halogens is 1. The fourth-order valence-corrected chi connectivity index (χ4v) is 5.14. The van der Waals surface area contributed by atoms with Crippen molar-refractivity contribution in [1.82, 2.24) is 15.6 Å². The zero-order chi connectivity index (χ0) is 20.6. The van der Waals surface area contributed by atoms with E-state index in [1.165, 1.54) is 36.5 Å². The maximum absolute atomic E-state index is 4.83. The molecule has 2 saturated heterocycles. The van der Waals surface area contributed by atoms with Crippen LogP contribution in [0.2, 0.25) is 0 Å². The minimum Gasteiger partial charge on any atom is -0.369 e. The second-order valence-corrected chi connectivity index (χ2v) is 8.93. The summed E-state index contributed by atoms with van der Waals surface area (Å²) in [5.74, 6) is 0.924. The molecular weight excluding hydrogens is 519 g/mol. The van der Waals surface area contributed by atoms with Gasteiger partial charge >= 0.3 is 0 Å². The van der Waals surface area contributed by atoms with E-state index < -0.39 is 0 Å². The van der Waals surface area contributed by atoms with Gasteiger partial charge in [0.25, 0.3) is 0 Å². The Morgan fingerprint density at radius 3 is 2.68 bits per heavy atom. The van der Waals surface area contributed by atoms with E-state index in [4.69, 9.17) is 9.98 Å². The highest BCUT2D eigenvalue weighted by atomic mass is 127. The Bertz CT molecular complexity index is 805. The van der Waals surface area contributed by atoms with Gasteiger partial charge in [0.1, 0.15) is 0 Å². The monoisotopic (exact) mass is 554 g/mol. The van der Waals surface area contributed by atoms with Crippen LogP contribution in [-0.4, -0.2) is 56.3 Å². The molecule has 1 atom stereocenters. The highest BCUT2D eigenvalue weighted by Crippen LogP contribution is 2.24. The molecule has 0 radical (unpaired) electrons. The van der Waals surface area contributed by atoms with Crippen LogP contribution in [0.25, 0.3) is 0 Å². The van der Waals surface area contributed by atoms with E-state index in [9.17, 15) is 0 Å². The van der Waals surface area contributed by atoms with E-state index in [0.29, 0.717) is 6.04 Å². The first-order valence-corrected chi connectivity index (χ1v) is 12.2. The number of rotatable bonds is 7. The predicted octanol–water partition coefficient (Wildman–Crippen LogP) is 4.13. The third-order valence-electron chi connectivity index (χ3n) is 5.78. The van der Waals surface area contributed by atoms with Gasteiger partial charge in [0, 0.05) is 62.8 Å². The van der Waals surface area contributed by atoms with Gasteiger partial charge < -0.3 is 20.4 Å². The van der Waals surface area contributed by atoms with Crippen LogP contribution in [-0.2, 0) is 6.42 Å². The molecule has 1 aromatic carbocycles. The average molecular weight is 555 g/mol. The summed E-state index contributed by atoms with van der Waals surface area (Å²) >= 11 is 1.77. The van der Waals surface area contributed by atoms with Crippen molar-refractivity contribution in [1.29, 1.82) is 0 Å². The zero-order valence-electron chi connectivity index (χ0n) is 18.4.